The number of aromatic amines is 1. The first-order chi connectivity index (χ1) is 19.9. The lowest BCUT2D eigenvalue weighted by atomic mass is 9.76. The maximum atomic E-state index is 14.1. The monoisotopic (exact) mass is 597 g/mol. The number of carbonyl (C=O) groups is 3. The fraction of sp³-hybridized carbons (Fsp3) is 0.233. The molecular formula is C30H23ClF3N3O5. The number of aliphatic carboxylic acids is 1. The smallest absolute Gasteiger partial charge is 0.480 e. The van der Waals surface area contributed by atoms with Gasteiger partial charge in [0.25, 0.3) is 0 Å². The minimum Gasteiger partial charge on any atom is -0.480 e. The van der Waals surface area contributed by atoms with Gasteiger partial charge in [-0.15, -0.1) is 13.2 Å². The first-order valence-corrected chi connectivity index (χ1v) is 13.3. The quantitative estimate of drug-likeness (QED) is 0.252. The zero-order valence-corrected chi connectivity index (χ0v) is 22.7. The number of benzene rings is 3. The van der Waals surface area contributed by atoms with E-state index in [9.17, 15) is 32.7 Å². The molecule has 12 heteroatoms. The van der Waals surface area contributed by atoms with E-state index in [0.29, 0.717) is 16.1 Å². The minimum absolute atomic E-state index is 0.166. The van der Waals surface area contributed by atoms with E-state index >= 15 is 0 Å². The third kappa shape index (κ3) is 4.49. The molecule has 0 radical (unpaired) electrons. The molecule has 216 valence electrons. The second-order valence-corrected chi connectivity index (χ2v) is 10.9. The number of carboxylic acid groups (broad SMARTS) is 1. The van der Waals surface area contributed by atoms with Crippen molar-refractivity contribution < 1.29 is 37.4 Å². The van der Waals surface area contributed by atoms with E-state index in [1.54, 1.807) is 37.4 Å². The van der Waals surface area contributed by atoms with Gasteiger partial charge < -0.3 is 14.8 Å². The average molecular weight is 598 g/mol. The third-order valence-electron chi connectivity index (χ3n) is 8.04. The summed E-state index contributed by atoms with van der Waals surface area (Å²) in [6, 6.07) is 15.7. The Morgan fingerprint density at radius 2 is 1.83 bits per heavy atom. The molecule has 0 aliphatic carbocycles. The minimum atomic E-state index is -4.97. The van der Waals surface area contributed by atoms with Gasteiger partial charge in [0.2, 0.25) is 11.8 Å². The van der Waals surface area contributed by atoms with Crippen LogP contribution in [-0.4, -0.2) is 39.8 Å². The Morgan fingerprint density at radius 1 is 1.07 bits per heavy atom. The summed E-state index contributed by atoms with van der Waals surface area (Å²) in [4.78, 5) is 45.4. The van der Waals surface area contributed by atoms with Crippen LogP contribution in [0.5, 0.6) is 5.75 Å². The van der Waals surface area contributed by atoms with Gasteiger partial charge in [0.1, 0.15) is 11.3 Å². The molecule has 4 aromatic rings. The molecule has 2 aliphatic heterocycles. The van der Waals surface area contributed by atoms with Crippen LogP contribution in [0, 0.1) is 18.8 Å². The summed E-state index contributed by atoms with van der Waals surface area (Å²) in [6.07, 6.45) is -3.51. The zero-order chi connectivity index (χ0) is 30.0. The van der Waals surface area contributed by atoms with Crippen LogP contribution in [0.1, 0.15) is 22.7 Å². The molecule has 6 rings (SSSR count). The number of para-hydroxylation sites is 1. The summed E-state index contributed by atoms with van der Waals surface area (Å²) in [5.41, 5.74) is 0.400. The van der Waals surface area contributed by atoms with E-state index in [1.807, 2.05) is 12.1 Å². The van der Waals surface area contributed by atoms with Crippen molar-refractivity contribution in [3.8, 4) is 5.75 Å². The predicted octanol–water partition coefficient (Wildman–Crippen LogP) is 5.54. The van der Waals surface area contributed by atoms with E-state index < -0.39 is 53.3 Å². The highest BCUT2D eigenvalue weighted by atomic mass is 35.5. The van der Waals surface area contributed by atoms with Gasteiger partial charge in [-0.1, -0.05) is 48.0 Å². The summed E-state index contributed by atoms with van der Waals surface area (Å²) < 4.78 is 43.1. The fourth-order valence-electron chi connectivity index (χ4n) is 6.18. The van der Waals surface area contributed by atoms with Gasteiger partial charge in [-0.3, -0.25) is 19.7 Å². The Morgan fingerprint density at radius 3 is 2.55 bits per heavy atom. The SMILES string of the molecule is Cc1ccc(N2C(=O)C3C(c4cccc(OC(F)(F)F)c4)NC(Cc4c[nH]c5ccccc45)(C(=O)O)C3C2=O)cc1Cl. The summed E-state index contributed by atoms with van der Waals surface area (Å²) in [5, 5.41) is 14.8. The van der Waals surface area contributed by atoms with Gasteiger partial charge in [0.15, 0.2) is 0 Å². The number of anilines is 1. The van der Waals surface area contributed by atoms with Crippen molar-refractivity contribution in [2.45, 2.75) is 31.3 Å². The van der Waals surface area contributed by atoms with Crippen molar-refractivity contribution in [1.29, 1.82) is 0 Å². The fourth-order valence-corrected chi connectivity index (χ4v) is 6.36. The number of nitrogens with zero attached hydrogens (tertiary/aromatic N) is 1. The van der Waals surface area contributed by atoms with E-state index in [2.05, 4.69) is 15.0 Å². The second kappa shape index (κ2) is 9.88. The van der Waals surface area contributed by atoms with E-state index in [1.165, 1.54) is 18.2 Å². The summed E-state index contributed by atoms with van der Waals surface area (Å²) in [5.74, 6) is -6.00. The number of hydrogen-bond donors (Lipinski definition) is 3. The Balaban J connectivity index is 1.50. The molecule has 0 saturated carbocycles. The molecule has 3 aromatic carbocycles. The number of nitrogens with one attached hydrogen (secondary N) is 2. The molecule has 0 spiro atoms. The van der Waals surface area contributed by atoms with E-state index in [4.69, 9.17) is 11.6 Å². The van der Waals surface area contributed by atoms with E-state index in [-0.39, 0.29) is 17.7 Å². The number of fused-ring (bicyclic) bond motifs is 2. The highest BCUT2D eigenvalue weighted by Gasteiger charge is 2.68. The highest BCUT2D eigenvalue weighted by Crippen LogP contribution is 2.51. The number of alkyl halides is 3. The van der Waals surface area contributed by atoms with Crippen LogP contribution in [0.2, 0.25) is 5.02 Å². The van der Waals surface area contributed by atoms with Gasteiger partial charge in [-0.05, 0) is 53.9 Å². The highest BCUT2D eigenvalue weighted by molar-refractivity contribution is 6.32. The Hall–Kier alpha value is -4.35. The van der Waals surface area contributed by atoms with Gasteiger partial charge in [0.05, 0.1) is 17.5 Å². The molecule has 4 unspecified atom stereocenters. The number of ether oxygens (including phenoxy) is 1. The molecule has 2 fully saturated rings. The largest absolute Gasteiger partial charge is 0.573 e. The topological polar surface area (TPSA) is 112 Å². The standard InChI is InChI=1S/C30H23ClF3N3O5/c1-15-9-10-18(12-21(15)31)37-26(38)23-24(27(37)39)29(28(40)41,13-17-14-35-22-8-3-2-7-20(17)22)36-25(23)16-5-4-6-19(11-16)42-30(32,33)34/h2-12,14,23-25,35-36H,13H2,1H3,(H,40,41). The normalized spacial score (nSPS) is 23.9. The van der Waals surface area contributed by atoms with Crippen molar-refractivity contribution in [1.82, 2.24) is 10.3 Å². The first kappa shape index (κ1) is 27.8. The van der Waals surface area contributed by atoms with Crippen molar-refractivity contribution in [2.24, 2.45) is 11.8 Å². The first-order valence-electron chi connectivity index (χ1n) is 13.0. The number of H-pyrrole nitrogens is 1. The summed E-state index contributed by atoms with van der Waals surface area (Å²) in [6.45, 7) is 1.75. The molecule has 2 amide bonds. The zero-order valence-electron chi connectivity index (χ0n) is 21.9. The molecule has 8 nitrogen and oxygen atoms in total. The van der Waals surface area contributed by atoms with E-state index in [0.717, 1.165) is 27.9 Å². The van der Waals surface area contributed by atoms with Crippen LogP contribution in [0.25, 0.3) is 10.9 Å². The number of aryl methyl sites for hydroxylation is 1. The van der Waals surface area contributed by atoms with Crippen LogP contribution >= 0.6 is 11.6 Å². The molecule has 3 heterocycles. The number of carboxylic acids is 1. The van der Waals surface area contributed by atoms with Gasteiger partial charge in [0, 0.05) is 34.6 Å². The van der Waals surface area contributed by atoms with Crippen LogP contribution in [0.3, 0.4) is 0 Å². The van der Waals surface area contributed by atoms with Crippen LogP contribution in [0.4, 0.5) is 18.9 Å². The molecule has 2 aliphatic rings. The Labute approximate surface area is 242 Å². The number of halogens is 4. The third-order valence-corrected chi connectivity index (χ3v) is 8.45. The molecule has 3 N–H and O–H groups in total. The van der Waals surface area contributed by atoms with Crippen molar-refractivity contribution in [3.05, 3.63) is 94.6 Å². The lowest BCUT2D eigenvalue weighted by Gasteiger charge is -2.31. The van der Waals surface area contributed by atoms with Crippen molar-refractivity contribution >= 4 is 46.0 Å². The number of aromatic nitrogens is 1. The lowest BCUT2D eigenvalue weighted by Crippen LogP contribution is -2.57. The second-order valence-electron chi connectivity index (χ2n) is 10.5. The average Bonchev–Trinajstić information content (AvgIpc) is 3.57. The molecule has 2 saturated heterocycles. The number of carbonyl (C=O) groups excluding carboxylic acids is 2. The van der Waals surface area contributed by atoms with Crippen LogP contribution in [0.15, 0.2) is 72.9 Å². The van der Waals surface area contributed by atoms with Gasteiger partial charge in [-0.25, -0.2) is 4.90 Å². The number of hydrogen-bond acceptors (Lipinski definition) is 5. The Kier molecular flexibility index (Phi) is 6.54. The summed E-state index contributed by atoms with van der Waals surface area (Å²) >= 11 is 6.29. The maximum Gasteiger partial charge on any atom is 0.573 e. The predicted molar refractivity (Wildman–Crippen MR) is 147 cm³/mol. The Bertz CT molecular complexity index is 1760. The summed E-state index contributed by atoms with van der Waals surface area (Å²) in [7, 11) is 0. The molecule has 42 heavy (non-hydrogen) atoms. The molecule has 1 aromatic heterocycles. The molecule has 4 atom stereocenters. The lowest BCUT2D eigenvalue weighted by molar-refractivity contribution is -0.274. The number of amides is 2. The van der Waals surface area contributed by atoms with Gasteiger partial charge >= 0.3 is 12.3 Å². The number of imide groups is 1. The van der Waals surface area contributed by atoms with Crippen LogP contribution < -0.4 is 15.0 Å². The van der Waals surface area contributed by atoms with Gasteiger partial charge in [-0.2, -0.15) is 0 Å². The van der Waals surface area contributed by atoms with Crippen molar-refractivity contribution in [2.75, 3.05) is 4.90 Å². The number of rotatable bonds is 6. The molecule has 0 bridgehead atoms. The molecular weight excluding hydrogens is 575 g/mol. The van der Waals surface area contributed by atoms with Crippen molar-refractivity contribution in [3.63, 3.8) is 0 Å². The maximum absolute atomic E-state index is 14.1. The van der Waals surface area contributed by atoms with Crippen LogP contribution in [-0.2, 0) is 20.8 Å².